The molecule has 2 fully saturated rings. The van der Waals surface area contributed by atoms with Crippen LogP contribution in [0.4, 0.5) is 4.79 Å². The third-order valence-corrected chi connectivity index (χ3v) is 6.79. The third kappa shape index (κ3) is 3.46. The smallest absolute Gasteiger partial charge is 0.410 e. The minimum atomic E-state index is -0.828. The van der Waals surface area contributed by atoms with E-state index in [1.807, 2.05) is 41.3 Å². The molecule has 1 N–H and O–H groups in total. The summed E-state index contributed by atoms with van der Waals surface area (Å²) in [5, 5.41) is 11.6. The highest BCUT2D eigenvalue weighted by molar-refractivity contribution is 5.70. The van der Waals surface area contributed by atoms with Gasteiger partial charge in [0.15, 0.2) is 0 Å². The van der Waals surface area contributed by atoms with E-state index in [1.165, 1.54) is 11.1 Å². The normalized spacial score (nSPS) is 27.9. The molecule has 0 aromatic heterocycles. The lowest BCUT2D eigenvalue weighted by Crippen LogP contribution is -2.60. The van der Waals surface area contributed by atoms with Crippen molar-refractivity contribution in [2.75, 3.05) is 0 Å². The molecule has 1 aliphatic carbocycles. The maximum Gasteiger partial charge on any atom is 0.410 e. The zero-order chi connectivity index (χ0) is 19.8. The minimum absolute atomic E-state index is 0.0420. The highest BCUT2D eigenvalue weighted by Gasteiger charge is 2.49. The number of hydrogen-bond acceptors (Lipinski definition) is 3. The number of piperidine rings is 2. The zero-order valence-electron chi connectivity index (χ0n) is 16.6. The van der Waals surface area contributed by atoms with Crippen LogP contribution in [0.2, 0.25) is 0 Å². The second-order valence-corrected chi connectivity index (χ2v) is 8.67. The van der Waals surface area contributed by atoms with Crippen molar-refractivity contribution in [3.63, 3.8) is 0 Å². The standard InChI is InChI=1S/C25H27NO3/c27-24(29-17-18-7-2-1-3-8-18)26-22-11-6-12-23(26)16-25(28,15-22)21-13-19-9-4-5-10-20(19)14-21/h1-5,7-10,13,22-23,28H,6,11-12,14-17H2. The number of carbonyl (C=O) groups excluding carboxylic acids is 1. The molecule has 2 heterocycles. The van der Waals surface area contributed by atoms with E-state index in [1.54, 1.807) is 0 Å². The number of amides is 1. The van der Waals surface area contributed by atoms with Crippen molar-refractivity contribution in [2.24, 2.45) is 0 Å². The van der Waals surface area contributed by atoms with Gasteiger partial charge in [-0.15, -0.1) is 0 Å². The third-order valence-electron chi connectivity index (χ3n) is 6.79. The molecule has 2 atom stereocenters. The maximum absolute atomic E-state index is 12.9. The zero-order valence-corrected chi connectivity index (χ0v) is 16.6. The van der Waals surface area contributed by atoms with Crippen LogP contribution in [0.15, 0.2) is 60.2 Å². The Morgan fingerprint density at radius 3 is 2.45 bits per heavy atom. The van der Waals surface area contributed by atoms with E-state index < -0.39 is 5.60 Å². The summed E-state index contributed by atoms with van der Waals surface area (Å²) in [5.74, 6) is 0. The molecule has 2 bridgehead atoms. The number of nitrogens with zero attached hydrogens (tertiary/aromatic N) is 1. The first kappa shape index (κ1) is 18.4. The molecule has 1 amide bonds. The van der Waals surface area contributed by atoms with E-state index in [2.05, 4.69) is 24.3 Å². The van der Waals surface area contributed by atoms with Crippen molar-refractivity contribution >= 4 is 12.2 Å². The monoisotopic (exact) mass is 389 g/mol. The van der Waals surface area contributed by atoms with Crippen molar-refractivity contribution in [3.8, 4) is 0 Å². The lowest BCUT2D eigenvalue weighted by atomic mass is 9.72. The van der Waals surface area contributed by atoms with Crippen molar-refractivity contribution in [2.45, 2.75) is 62.8 Å². The van der Waals surface area contributed by atoms with Crippen LogP contribution in [0, 0.1) is 0 Å². The van der Waals surface area contributed by atoms with Gasteiger partial charge < -0.3 is 14.7 Å². The maximum atomic E-state index is 12.9. The second kappa shape index (κ2) is 7.34. The van der Waals surface area contributed by atoms with E-state index in [0.29, 0.717) is 19.4 Å². The molecule has 5 rings (SSSR count). The van der Waals surface area contributed by atoms with E-state index in [4.69, 9.17) is 4.74 Å². The van der Waals surface area contributed by atoms with Gasteiger partial charge in [-0.1, -0.05) is 60.7 Å². The highest BCUT2D eigenvalue weighted by atomic mass is 16.6. The second-order valence-electron chi connectivity index (χ2n) is 8.67. The lowest BCUT2D eigenvalue weighted by Gasteiger charge is -2.51. The molecule has 2 aliphatic heterocycles. The van der Waals surface area contributed by atoms with Gasteiger partial charge in [-0.2, -0.15) is 0 Å². The first-order chi connectivity index (χ1) is 14.1. The summed E-state index contributed by atoms with van der Waals surface area (Å²) in [7, 11) is 0. The fraction of sp³-hybridized carbons (Fsp3) is 0.400. The first-order valence-electron chi connectivity index (χ1n) is 10.6. The van der Waals surface area contributed by atoms with E-state index in [-0.39, 0.29) is 18.2 Å². The molecule has 150 valence electrons. The van der Waals surface area contributed by atoms with Crippen molar-refractivity contribution in [1.29, 1.82) is 0 Å². The molecule has 29 heavy (non-hydrogen) atoms. The summed E-state index contributed by atoms with van der Waals surface area (Å²) in [6, 6.07) is 18.2. The van der Waals surface area contributed by atoms with Crippen LogP contribution in [-0.2, 0) is 17.8 Å². The number of carbonyl (C=O) groups is 1. The Kier molecular flexibility index (Phi) is 4.67. The predicted molar refractivity (Wildman–Crippen MR) is 112 cm³/mol. The van der Waals surface area contributed by atoms with Crippen LogP contribution in [0.5, 0.6) is 0 Å². The topological polar surface area (TPSA) is 49.8 Å². The van der Waals surface area contributed by atoms with Crippen LogP contribution in [-0.4, -0.2) is 33.8 Å². The quantitative estimate of drug-likeness (QED) is 0.827. The van der Waals surface area contributed by atoms with Crippen LogP contribution in [0.3, 0.4) is 0 Å². The van der Waals surface area contributed by atoms with Gasteiger partial charge in [-0.05, 0) is 47.9 Å². The summed E-state index contributed by atoms with van der Waals surface area (Å²) in [5.41, 5.74) is 3.77. The summed E-state index contributed by atoms with van der Waals surface area (Å²) >= 11 is 0. The highest BCUT2D eigenvalue weighted by Crippen LogP contribution is 2.45. The molecular formula is C25H27NO3. The van der Waals surface area contributed by atoms with Gasteiger partial charge in [-0.3, -0.25) is 0 Å². The largest absolute Gasteiger partial charge is 0.445 e. The first-order valence-corrected chi connectivity index (χ1v) is 10.6. The van der Waals surface area contributed by atoms with Gasteiger partial charge >= 0.3 is 6.09 Å². The molecule has 0 radical (unpaired) electrons. The van der Waals surface area contributed by atoms with Crippen molar-refractivity contribution < 1.29 is 14.6 Å². The molecule has 2 aromatic carbocycles. The number of benzene rings is 2. The Hall–Kier alpha value is -2.59. The van der Waals surface area contributed by atoms with Gasteiger partial charge in [0, 0.05) is 24.9 Å². The molecule has 2 saturated heterocycles. The molecule has 4 nitrogen and oxygen atoms in total. The predicted octanol–water partition coefficient (Wildman–Crippen LogP) is 4.71. The molecule has 0 saturated carbocycles. The molecular weight excluding hydrogens is 362 g/mol. The number of rotatable bonds is 3. The minimum Gasteiger partial charge on any atom is -0.445 e. The average molecular weight is 389 g/mol. The van der Waals surface area contributed by atoms with Crippen LogP contribution in [0.25, 0.3) is 6.08 Å². The van der Waals surface area contributed by atoms with Gasteiger partial charge in [0.1, 0.15) is 6.61 Å². The fourth-order valence-electron chi connectivity index (χ4n) is 5.36. The number of ether oxygens (including phenoxy) is 1. The lowest BCUT2D eigenvalue weighted by molar-refractivity contribution is -0.0657. The van der Waals surface area contributed by atoms with Gasteiger partial charge in [0.2, 0.25) is 0 Å². The van der Waals surface area contributed by atoms with Crippen molar-refractivity contribution in [1.82, 2.24) is 4.90 Å². The van der Waals surface area contributed by atoms with E-state index >= 15 is 0 Å². The van der Waals surface area contributed by atoms with E-state index in [0.717, 1.165) is 36.8 Å². The van der Waals surface area contributed by atoms with Crippen LogP contribution in [0.1, 0.15) is 48.8 Å². The van der Waals surface area contributed by atoms with Gasteiger partial charge in [0.25, 0.3) is 0 Å². The molecule has 0 spiro atoms. The number of fused-ring (bicyclic) bond motifs is 3. The number of hydrogen-bond donors (Lipinski definition) is 1. The molecule has 2 unspecified atom stereocenters. The summed E-state index contributed by atoms with van der Waals surface area (Å²) in [6.45, 7) is 0.292. The Balaban J connectivity index is 1.31. The summed E-state index contributed by atoms with van der Waals surface area (Å²) in [4.78, 5) is 14.8. The average Bonchev–Trinajstić information content (AvgIpc) is 3.17. The van der Waals surface area contributed by atoms with Gasteiger partial charge in [-0.25, -0.2) is 4.79 Å². The summed E-state index contributed by atoms with van der Waals surface area (Å²) in [6.07, 6.45) is 6.90. The van der Waals surface area contributed by atoms with E-state index in [9.17, 15) is 9.90 Å². The Morgan fingerprint density at radius 1 is 1.03 bits per heavy atom. The van der Waals surface area contributed by atoms with Crippen LogP contribution >= 0.6 is 0 Å². The molecule has 2 aromatic rings. The molecule has 4 heteroatoms. The number of aliphatic hydroxyl groups is 1. The van der Waals surface area contributed by atoms with Gasteiger partial charge in [0.05, 0.1) is 5.60 Å². The summed E-state index contributed by atoms with van der Waals surface area (Å²) < 4.78 is 5.64. The molecule has 3 aliphatic rings. The SMILES string of the molecule is O=C(OCc1ccccc1)N1C2CCCC1CC(O)(C1=Cc3ccccc3C1)C2. The Labute approximate surface area is 171 Å². The Morgan fingerprint density at radius 2 is 1.72 bits per heavy atom. The fourth-order valence-corrected chi connectivity index (χ4v) is 5.36. The Bertz CT molecular complexity index is 922. The van der Waals surface area contributed by atoms with Crippen molar-refractivity contribution in [3.05, 3.63) is 76.9 Å². The van der Waals surface area contributed by atoms with Crippen LogP contribution < -0.4 is 0 Å².